The van der Waals surface area contributed by atoms with E-state index in [1.807, 2.05) is 31.2 Å². The number of hydrogen-bond donors (Lipinski definition) is 2. The average Bonchev–Trinajstić information content (AvgIpc) is 2.40. The summed E-state index contributed by atoms with van der Waals surface area (Å²) in [5.41, 5.74) is 0.932. The molecule has 3 heteroatoms. The van der Waals surface area contributed by atoms with Crippen molar-refractivity contribution in [2.24, 2.45) is 5.92 Å². The maximum atomic E-state index is 10.4. The van der Waals surface area contributed by atoms with Gasteiger partial charge in [-0.05, 0) is 44.8 Å². The van der Waals surface area contributed by atoms with Crippen molar-refractivity contribution in [1.29, 1.82) is 0 Å². The van der Waals surface area contributed by atoms with Gasteiger partial charge < -0.3 is 15.2 Å². The molecule has 1 aromatic rings. The van der Waals surface area contributed by atoms with Gasteiger partial charge in [-0.3, -0.25) is 0 Å². The minimum Gasteiger partial charge on any atom is -0.493 e. The quantitative estimate of drug-likeness (QED) is 0.840. The van der Waals surface area contributed by atoms with E-state index in [1.165, 1.54) is 0 Å². The molecule has 0 aliphatic carbocycles. The molecule has 1 aromatic carbocycles. The number of hydrogen-bond acceptors (Lipinski definition) is 3. The zero-order chi connectivity index (χ0) is 12.1. The smallest absolute Gasteiger partial charge is 0.125 e. The van der Waals surface area contributed by atoms with Crippen molar-refractivity contribution in [3.8, 4) is 5.75 Å². The molecule has 0 aromatic heterocycles. The van der Waals surface area contributed by atoms with Crippen LogP contribution in [0.4, 0.5) is 0 Å². The second kappa shape index (κ2) is 6.03. The predicted octanol–water partition coefficient (Wildman–Crippen LogP) is 2.12. The van der Waals surface area contributed by atoms with Crippen LogP contribution in [0.15, 0.2) is 24.3 Å². The molecule has 0 amide bonds. The van der Waals surface area contributed by atoms with Crippen LogP contribution >= 0.6 is 0 Å². The van der Waals surface area contributed by atoms with E-state index >= 15 is 0 Å². The van der Waals surface area contributed by atoms with Gasteiger partial charge in [0.05, 0.1) is 12.7 Å². The van der Waals surface area contributed by atoms with Crippen LogP contribution in [0, 0.1) is 5.92 Å². The second-order valence-corrected chi connectivity index (χ2v) is 4.50. The number of aliphatic hydroxyl groups is 1. The zero-order valence-corrected chi connectivity index (χ0v) is 10.4. The largest absolute Gasteiger partial charge is 0.493 e. The summed E-state index contributed by atoms with van der Waals surface area (Å²) in [5.74, 6) is 1.17. The minimum atomic E-state index is -0.403. The van der Waals surface area contributed by atoms with E-state index in [1.54, 1.807) is 0 Å². The lowest BCUT2D eigenvalue weighted by Gasteiger charge is -2.28. The van der Waals surface area contributed by atoms with Crippen molar-refractivity contribution >= 4 is 0 Å². The van der Waals surface area contributed by atoms with Gasteiger partial charge in [0.2, 0.25) is 0 Å². The lowest BCUT2D eigenvalue weighted by molar-refractivity contribution is 0.0858. The van der Waals surface area contributed by atoms with Crippen molar-refractivity contribution in [1.82, 2.24) is 5.32 Å². The molecule has 3 nitrogen and oxygen atoms in total. The summed E-state index contributed by atoms with van der Waals surface area (Å²) in [6, 6.07) is 7.81. The molecule has 0 spiro atoms. The number of piperidine rings is 1. The van der Waals surface area contributed by atoms with Crippen molar-refractivity contribution in [3.05, 3.63) is 29.8 Å². The summed E-state index contributed by atoms with van der Waals surface area (Å²) in [6.45, 7) is 4.60. The Labute approximate surface area is 103 Å². The normalized spacial score (nSPS) is 18.9. The number of rotatable bonds is 4. The maximum Gasteiger partial charge on any atom is 0.125 e. The molecular weight excluding hydrogens is 214 g/mol. The van der Waals surface area contributed by atoms with E-state index < -0.39 is 6.10 Å². The van der Waals surface area contributed by atoms with Crippen LogP contribution in [-0.2, 0) is 0 Å². The van der Waals surface area contributed by atoms with Crippen LogP contribution in [0.2, 0.25) is 0 Å². The first-order valence-corrected chi connectivity index (χ1v) is 6.43. The molecule has 0 radical (unpaired) electrons. The standard InChI is InChI=1S/C14H21NO2/c1-2-17-13-6-4-3-5-12(13)14(16)11-7-9-15-10-8-11/h3-6,11,14-16H,2,7-10H2,1H3. The minimum absolute atomic E-state index is 0.345. The first-order chi connectivity index (χ1) is 8.33. The van der Waals surface area contributed by atoms with Crippen LogP contribution in [0.1, 0.15) is 31.4 Å². The molecular formula is C14H21NO2. The van der Waals surface area contributed by atoms with Crippen molar-refractivity contribution in [2.45, 2.75) is 25.9 Å². The van der Waals surface area contributed by atoms with Gasteiger partial charge in [0, 0.05) is 5.56 Å². The van der Waals surface area contributed by atoms with E-state index in [2.05, 4.69) is 5.32 Å². The highest BCUT2D eigenvalue weighted by Crippen LogP contribution is 2.33. The van der Waals surface area contributed by atoms with Gasteiger partial charge in [-0.1, -0.05) is 18.2 Å². The summed E-state index contributed by atoms with van der Waals surface area (Å²) in [4.78, 5) is 0. The van der Waals surface area contributed by atoms with Crippen LogP contribution in [0.25, 0.3) is 0 Å². The van der Waals surface area contributed by atoms with E-state index in [-0.39, 0.29) is 0 Å². The molecule has 1 atom stereocenters. The molecule has 1 aliphatic heterocycles. The summed E-state index contributed by atoms with van der Waals surface area (Å²) in [5, 5.41) is 13.8. The summed E-state index contributed by atoms with van der Waals surface area (Å²) in [6.07, 6.45) is 1.66. The van der Waals surface area contributed by atoms with Gasteiger partial charge in [-0.25, -0.2) is 0 Å². The molecule has 1 aliphatic rings. The Hall–Kier alpha value is -1.06. The maximum absolute atomic E-state index is 10.4. The van der Waals surface area contributed by atoms with Crippen molar-refractivity contribution in [2.75, 3.05) is 19.7 Å². The van der Waals surface area contributed by atoms with Crippen LogP contribution in [-0.4, -0.2) is 24.8 Å². The van der Waals surface area contributed by atoms with E-state index in [0.717, 1.165) is 37.2 Å². The lowest BCUT2D eigenvalue weighted by atomic mass is 9.88. The fourth-order valence-electron chi connectivity index (χ4n) is 2.43. The Balaban J connectivity index is 2.14. The van der Waals surface area contributed by atoms with Gasteiger partial charge in [-0.2, -0.15) is 0 Å². The van der Waals surface area contributed by atoms with Gasteiger partial charge >= 0.3 is 0 Å². The van der Waals surface area contributed by atoms with Gasteiger partial charge in [-0.15, -0.1) is 0 Å². The van der Waals surface area contributed by atoms with Gasteiger partial charge in [0.1, 0.15) is 5.75 Å². The molecule has 1 heterocycles. The molecule has 0 saturated carbocycles. The predicted molar refractivity (Wildman–Crippen MR) is 68.2 cm³/mol. The van der Waals surface area contributed by atoms with E-state index in [9.17, 15) is 5.11 Å². The fourth-order valence-corrected chi connectivity index (χ4v) is 2.43. The molecule has 2 N–H and O–H groups in total. The first-order valence-electron chi connectivity index (χ1n) is 6.43. The Morgan fingerprint density at radius 2 is 2.06 bits per heavy atom. The highest BCUT2D eigenvalue weighted by Gasteiger charge is 2.24. The van der Waals surface area contributed by atoms with Crippen LogP contribution in [0.5, 0.6) is 5.75 Å². The molecule has 1 saturated heterocycles. The van der Waals surface area contributed by atoms with Crippen molar-refractivity contribution < 1.29 is 9.84 Å². The van der Waals surface area contributed by atoms with E-state index in [4.69, 9.17) is 4.74 Å². The topological polar surface area (TPSA) is 41.5 Å². The van der Waals surface area contributed by atoms with Gasteiger partial charge in [0.15, 0.2) is 0 Å². The van der Waals surface area contributed by atoms with Crippen LogP contribution < -0.4 is 10.1 Å². The average molecular weight is 235 g/mol. The highest BCUT2D eigenvalue weighted by atomic mass is 16.5. The number of aliphatic hydroxyl groups excluding tert-OH is 1. The molecule has 1 fully saturated rings. The third-order valence-corrected chi connectivity index (χ3v) is 3.37. The monoisotopic (exact) mass is 235 g/mol. The Bertz CT molecular complexity index is 348. The number of para-hydroxylation sites is 1. The third-order valence-electron chi connectivity index (χ3n) is 3.37. The molecule has 94 valence electrons. The summed E-state index contributed by atoms with van der Waals surface area (Å²) < 4.78 is 5.57. The zero-order valence-electron chi connectivity index (χ0n) is 10.4. The molecule has 2 rings (SSSR count). The third kappa shape index (κ3) is 2.99. The SMILES string of the molecule is CCOc1ccccc1C(O)C1CCNCC1. The lowest BCUT2D eigenvalue weighted by Crippen LogP contribution is -2.31. The van der Waals surface area contributed by atoms with Crippen molar-refractivity contribution in [3.63, 3.8) is 0 Å². The Morgan fingerprint density at radius 1 is 1.35 bits per heavy atom. The Morgan fingerprint density at radius 3 is 2.76 bits per heavy atom. The van der Waals surface area contributed by atoms with E-state index in [0.29, 0.717) is 12.5 Å². The molecule has 17 heavy (non-hydrogen) atoms. The molecule has 1 unspecified atom stereocenters. The summed E-state index contributed by atoms with van der Waals surface area (Å²) >= 11 is 0. The molecule has 0 bridgehead atoms. The second-order valence-electron chi connectivity index (χ2n) is 4.50. The number of nitrogens with one attached hydrogen (secondary N) is 1. The first kappa shape index (κ1) is 12.4. The summed E-state index contributed by atoms with van der Waals surface area (Å²) in [7, 11) is 0. The highest BCUT2D eigenvalue weighted by molar-refractivity contribution is 5.35. The van der Waals surface area contributed by atoms with Gasteiger partial charge in [0.25, 0.3) is 0 Å². The number of ether oxygens (including phenoxy) is 1. The number of benzene rings is 1. The van der Waals surface area contributed by atoms with Crippen LogP contribution in [0.3, 0.4) is 0 Å². The Kier molecular flexibility index (Phi) is 4.40. The fraction of sp³-hybridized carbons (Fsp3) is 0.571.